The molecule has 1 N–H and O–H groups in total. The number of aryl methyl sites for hydroxylation is 1. The number of barbiturate groups is 1. The molecule has 8 nitrogen and oxygen atoms in total. The van der Waals surface area contributed by atoms with Crippen molar-refractivity contribution >= 4 is 29.7 Å². The van der Waals surface area contributed by atoms with Crippen molar-refractivity contribution in [2.75, 3.05) is 0 Å². The van der Waals surface area contributed by atoms with Crippen LogP contribution in [-0.4, -0.2) is 51.5 Å². The smallest absolute Gasteiger partial charge is 0.275 e. The molecule has 3 aliphatic rings. The summed E-state index contributed by atoms with van der Waals surface area (Å²) in [6.45, 7) is 1.92. The van der Waals surface area contributed by atoms with E-state index in [9.17, 15) is 24.0 Å². The van der Waals surface area contributed by atoms with Crippen LogP contribution in [0.25, 0.3) is 0 Å². The molecule has 6 amide bonds. The Kier molecular flexibility index (Phi) is 4.49. The van der Waals surface area contributed by atoms with E-state index >= 15 is 0 Å². The van der Waals surface area contributed by atoms with Crippen molar-refractivity contribution in [1.82, 2.24) is 15.1 Å². The topological polar surface area (TPSA) is 104 Å². The van der Waals surface area contributed by atoms with Crippen LogP contribution in [0.15, 0.2) is 18.2 Å². The second-order valence-corrected chi connectivity index (χ2v) is 7.41. The SMILES string of the molecule is CCc1ccc2c(c1)C(=O)N(C1C(=O)NC(=O)N(C3CCCCC3)C1=O)C2=O. The molecular formula is C20H21N3O5. The van der Waals surface area contributed by atoms with Crippen LogP contribution in [0.2, 0.25) is 0 Å². The highest BCUT2D eigenvalue weighted by Crippen LogP contribution is 2.30. The predicted molar refractivity (Wildman–Crippen MR) is 97.4 cm³/mol. The average molecular weight is 383 g/mol. The fraction of sp³-hybridized carbons (Fsp3) is 0.450. The first kappa shape index (κ1) is 18.3. The van der Waals surface area contributed by atoms with Crippen molar-refractivity contribution < 1.29 is 24.0 Å². The van der Waals surface area contributed by atoms with Gasteiger partial charge in [-0.2, -0.15) is 0 Å². The van der Waals surface area contributed by atoms with E-state index < -0.39 is 35.7 Å². The highest BCUT2D eigenvalue weighted by Gasteiger charge is 2.52. The van der Waals surface area contributed by atoms with Gasteiger partial charge in [-0.25, -0.2) is 4.79 Å². The third-order valence-corrected chi connectivity index (χ3v) is 5.76. The molecule has 28 heavy (non-hydrogen) atoms. The molecule has 1 aromatic carbocycles. The number of hydrogen-bond acceptors (Lipinski definition) is 5. The van der Waals surface area contributed by atoms with Crippen LogP contribution in [0.3, 0.4) is 0 Å². The highest BCUT2D eigenvalue weighted by molar-refractivity contribution is 6.28. The fourth-order valence-corrected chi connectivity index (χ4v) is 4.25. The van der Waals surface area contributed by atoms with Gasteiger partial charge < -0.3 is 0 Å². The lowest BCUT2D eigenvalue weighted by molar-refractivity contribution is -0.144. The quantitative estimate of drug-likeness (QED) is 0.631. The van der Waals surface area contributed by atoms with Gasteiger partial charge in [0.2, 0.25) is 0 Å². The number of rotatable bonds is 3. The largest absolute Gasteiger partial charge is 0.331 e. The lowest BCUT2D eigenvalue weighted by atomic mass is 9.93. The molecule has 1 atom stereocenters. The number of hydrogen-bond donors (Lipinski definition) is 1. The van der Waals surface area contributed by atoms with Crippen molar-refractivity contribution in [2.24, 2.45) is 0 Å². The normalized spacial score (nSPS) is 23.3. The van der Waals surface area contributed by atoms with E-state index in [4.69, 9.17) is 0 Å². The second kappa shape index (κ2) is 6.85. The first-order valence-corrected chi connectivity index (χ1v) is 9.62. The van der Waals surface area contributed by atoms with Crippen molar-refractivity contribution in [3.63, 3.8) is 0 Å². The average Bonchev–Trinajstić information content (AvgIpc) is 2.93. The molecular weight excluding hydrogens is 362 g/mol. The van der Waals surface area contributed by atoms with E-state index in [2.05, 4.69) is 5.32 Å². The van der Waals surface area contributed by atoms with Gasteiger partial charge in [0.05, 0.1) is 11.1 Å². The number of benzene rings is 1. The summed E-state index contributed by atoms with van der Waals surface area (Å²) in [6, 6.07) is 2.15. The zero-order valence-corrected chi connectivity index (χ0v) is 15.6. The number of carbonyl (C=O) groups excluding carboxylic acids is 5. The van der Waals surface area contributed by atoms with E-state index in [1.165, 1.54) is 0 Å². The molecule has 1 aromatic rings. The Hall–Kier alpha value is -3.03. The van der Waals surface area contributed by atoms with Gasteiger partial charge in [-0.15, -0.1) is 0 Å². The molecule has 1 aliphatic carbocycles. The minimum Gasteiger partial charge on any atom is -0.275 e. The first-order chi connectivity index (χ1) is 13.4. The molecule has 2 fully saturated rings. The molecule has 8 heteroatoms. The standard InChI is InChI=1S/C20H21N3O5/c1-2-11-8-9-13-14(10-11)18(26)23(17(13)25)15-16(24)21-20(28)22(19(15)27)12-6-4-3-5-7-12/h8-10,12,15H,2-7H2,1H3,(H,21,24,28). The molecule has 1 unspecified atom stereocenters. The minimum absolute atomic E-state index is 0.170. The Balaban J connectivity index is 1.68. The molecule has 1 saturated carbocycles. The van der Waals surface area contributed by atoms with E-state index in [-0.39, 0.29) is 17.2 Å². The number of imide groups is 3. The van der Waals surface area contributed by atoms with Crippen molar-refractivity contribution in [3.05, 3.63) is 34.9 Å². The van der Waals surface area contributed by atoms with E-state index in [0.29, 0.717) is 24.2 Å². The number of nitrogens with one attached hydrogen (secondary N) is 1. The summed E-state index contributed by atoms with van der Waals surface area (Å²) >= 11 is 0. The molecule has 0 aromatic heterocycles. The zero-order chi connectivity index (χ0) is 20.0. The van der Waals surface area contributed by atoms with Gasteiger partial charge >= 0.3 is 6.03 Å². The number of carbonyl (C=O) groups is 5. The number of nitrogens with zero attached hydrogens (tertiary/aromatic N) is 2. The molecule has 2 aliphatic heterocycles. The molecule has 0 spiro atoms. The summed E-state index contributed by atoms with van der Waals surface area (Å²) in [7, 11) is 0. The van der Waals surface area contributed by atoms with Crippen LogP contribution < -0.4 is 5.32 Å². The Labute approximate surface area is 161 Å². The maximum Gasteiger partial charge on any atom is 0.331 e. The summed E-state index contributed by atoms with van der Waals surface area (Å²) in [6.07, 6.45) is 4.78. The van der Waals surface area contributed by atoms with Crippen LogP contribution >= 0.6 is 0 Å². The van der Waals surface area contributed by atoms with E-state index in [1.807, 2.05) is 6.92 Å². The fourth-order valence-electron chi connectivity index (χ4n) is 4.25. The maximum absolute atomic E-state index is 13.1. The van der Waals surface area contributed by atoms with Gasteiger partial charge in [0.1, 0.15) is 0 Å². The Morgan fingerprint density at radius 3 is 2.29 bits per heavy atom. The third-order valence-electron chi connectivity index (χ3n) is 5.76. The summed E-state index contributed by atoms with van der Waals surface area (Å²) < 4.78 is 0. The number of amides is 6. The van der Waals surface area contributed by atoms with Crippen LogP contribution in [0.1, 0.15) is 65.3 Å². The summed E-state index contributed by atoms with van der Waals surface area (Å²) in [5.74, 6) is -3.10. The van der Waals surface area contributed by atoms with Crippen molar-refractivity contribution in [1.29, 1.82) is 0 Å². The number of fused-ring (bicyclic) bond motifs is 1. The summed E-state index contributed by atoms with van der Waals surface area (Å²) in [5.41, 5.74) is 1.23. The van der Waals surface area contributed by atoms with E-state index in [0.717, 1.165) is 29.7 Å². The van der Waals surface area contributed by atoms with Crippen LogP contribution in [0.4, 0.5) is 4.79 Å². The van der Waals surface area contributed by atoms with Crippen LogP contribution in [0, 0.1) is 0 Å². The zero-order valence-electron chi connectivity index (χ0n) is 15.6. The Morgan fingerprint density at radius 1 is 0.929 bits per heavy atom. The number of urea groups is 1. The molecule has 0 bridgehead atoms. The van der Waals surface area contributed by atoms with Gasteiger partial charge in [-0.3, -0.25) is 34.3 Å². The Bertz CT molecular complexity index is 903. The van der Waals surface area contributed by atoms with Gasteiger partial charge in [0, 0.05) is 6.04 Å². The summed E-state index contributed by atoms with van der Waals surface area (Å²) in [4.78, 5) is 65.4. The van der Waals surface area contributed by atoms with Gasteiger partial charge in [0.25, 0.3) is 23.6 Å². The van der Waals surface area contributed by atoms with E-state index in [1.54, 1.807) is 18.2 Å². The monoisotopic (exact) mass is 383 g/mol. The van der Waals surface area contributed by atoms with Gasteiger partial charge in [-0.05, 0) is 37.0 Å². The molecule has 1 saturated heterocycles. The minimum atomic E-state index is -1.66. The van der Waals surface area contributed by atoms with Crippen molar-refractivity contribution in [2.45, 2.75) is 57.5 Å². The molecule has 4 rings (SSSR count). The van der Waals surface area contributed by atoms with Crippen molar-refractivity contribution in [3.8, 4) is 0 Å². The lowest BCUT2D eigenvalue weighted by Gasteiger charge is -2.39. The molecule has 0 radical (unpaired) electrons. The summed E-state index contributed by atoms with van der Waals surface area (Å²) in [5, 5.41) is 2.16. The third kappa shape index (κ3) is 2.71. The first-order valence-electron chi connectivity index (χ1n) is 9.62. The van der Waals surface area contributed by atoms with Crippen LogP contribution in [0.5, 0.6) is 0 Å². The van der Waals surface area contributed by atoms with Gasteiger partial charge in [0.15, 0.2) is 6.04 Å². The maximum atomic E-state index is 13.1. The predicted octanol–water partition coefficient (Wildman–Crippen LogP) is 1.62. The molecule has 2 heterocycles. The lowest BCUT2D eigenvalue weighted by Crippen LogP contribution is -2.68. The van der Waals surface area contributed by atoms with Gasteiger partial charge in [-0.1, -0.05) is 32.3 Å². The highest BCUT2D eigenvalue weighted by atomic mass is 16.2. The second-order valence-electron chi connectivity index (χ2n) is 7.41. The molecule has 146 valence electrons. The van der Waals surface area contributed by atoms with Crippen LogP contribution in [-0.2, 0) is 16.0 Å². The Morgan fingerprint density at radius 2 is 1.61 bits per heavy atom.